The fraction of sp³-hybridized carbons (Fsp3) is 0.500. The molecule has 0 bridgehead atoms. The standard InChI is InChI=1S/C10H13NOS/c1-7-10(2,6-9(12)11-7)8-4-3-5-13-8/h3-5,7H,6H2,1-2H3,(H,11,12). The van der Waals surface area contributed by atoms with E-state index in [4.69, 9.17) is 0 Å². The van der Waals surface area contributed by atoms with Gasteiger partial charge in [0.25, 0.3) is 0 Å². The van der Waals surface area contributed by atoms with Crippen molar-refractivity contribution in [2.24, 2.45) is 0 Å². The van der Waals surface area contributed by atoms with Gasteiger partial charge in [-0.2, -0.15) is 0 Å². The Balaban J connectivity index is 2.36. The maximum absolute atomic E-state index is 11.3. The molecule has 0 aromatic carbocycles. The van der Waals surface area contributed by atoms with E-state index >= 15 is 0 Å². The van der Waals surface area contributed by atoms with Gasteiger partial charge in [-0.3, -0.25) is 4.79 Å². The van der Waals surface area contributed by atoms with Gasteiger partial charge < -0.3 is 5.32 Å². The normalized spacial score (nSPS) is 33.4. The molecule has 2 nitrogen and oxygen atoms in total. The molecule has 0 aliphatic carbocycles. The summed E-state index contributed by atoms with van der Waals surface area (Å²) in [5.41, 5.74) is 0.00521. The lowest BCUT2D eigenvalue weighted by molar-refractivity contribution is -0.119. The topological polar surface area (TPSA) is 29.1 Å². The van der Waals surface area contributed by atoms with Crippen molar-refractivity contribution in [3.8, 4) is 0 Å². The number of nitrogens with one attached hydrogen (secondary N) is 1. The zero-order chi connectivity index (χ0) is 9.47. The van der Waals surface area contributed by atoms with E-state index in [1.807, 2.05) is 6.07 Å². The summed E-state index contributed by atoms with van der Waals surface area (Å²) in [4.78, 5) is 12.6. The molecule has 1 aromatic rings. The summed E-state index contributed by atoms with van der Waals surface area (Å²) in [6.07, 6.45) is 0.620. The smallest absolute Gasteiger partial charge is 0.221 e. The SMILES string of the molecule is CC1NC(=O)CC1(C)c1cccs1. The van der Waals surface area contributed by atoms with Crippen molar-refractivity contribution in [3.63, 3.8) is 0 Å². The van der Waals surface area contributed by atoms with E-state index in [2.05, 4.69) is 30.6 Å². The monoisotopic (exact) mass is 195 g/mol. The summed E-state index contributed by atoms with van der Waals surface area (Å²) < 4.78 is 0. The largest absolute Gasteiger partial charge is 0.353 e. The van der Waals surface area contributed by atoms with Gasteiger partial charge in [-0.05, 0) is 18.4 Å². The molecule has 1 fully saturated rings. The van der Waals surface area contributed by atoms with Crippen LogP contribution in [-0.2, 0) is 10.2 Å². The first-order valence-electron chi connectivity index (χ1n) is 4.46. The molecule has 1 saturated heterocycles. The number of carbonyl (C=O) groups is 1. The Morgan fingerprint density at radius 3 is 2.92 bits per heavy atom. The molecule has 2 rings (SSSR count). The highest BCUT2D eigenvalue weighted by Crippen LogP contribution is 2.37. The molecule has 0 saturated carbocycles. The lowest BCUT2D eigenvalue weighted by Crippen LogP contribution is -2.34. The van der Waals surface area contributed by atoms with Gasteiger partial charge in [0.1, 0.15) is 0 Å². The average Bonchev–Trinajstić information content (AvgIpc) is 2.61. The van der Waals surface area contributed by atoms with E-state index in [-0.39, 0.29) is 17.4 Å². The molecular weight excluding hydrogens is 182 g/mol. The molecule has 1 amide bonds. The van der Waals surface area contributed by atoms with Crippen molar-refractivity contribution in [1.82, 2.24) is 5.32 Å². The van der Waals surface area contributed by atoms with E-state index in [0.717, 1.165) is 0 Å². The number of rotatable bonds is 1. The summed E-state index contributed by atoms with van der Waals surface area (Å²) in [5, 5.41) is 5.03. The molecular formula is C10H13NOS. The molecule has 2 heterocycles. The summed E-state index contributed by atoms with van der Waals surface area (Å²) in [6.45, 7) is 4.23. The summed E-state index contributed by atoms with van der Waals surface area (Å²) in [5.74, 6) is 0.170. The first kappa shape index (κ1) is 8.75. The first-order chi connectivity index (χ1) is 6.13. The number of carbonyl (C=O) groups excluding carboxylic acids is 1. The minimum atomic E-state index is 0.00521. The highest BCUT2D eigenvalue weighted by Gasteiger charge is 2.42. The van der Waals surface area contributed by atoms with Gasteiger partial charge >= 0.3 is 0 Å². The van der Waals surface area contributed by atoms with Crippen LogP contribution in [-0.4, -0.2) is 11.9 Å². The maximum atomic E-state index is 11.3. The first-order valence-corrected chi connectivity index (χ1v) is 5.34. The van der Waals surface area contributed by atoms with Gasteiger partial charge in [-0.15, -0.1) is 11.3 Å². The maximum Gasteiger partial charge on any atom is 0.221 e. The van der Waals surface area contributed by atoms with E-state index in [9.17, 15) is 4.79 Å². The van der Waals surface area contributed by atoms with Crippen molar-refractivity contribution in [2.45, 2.75) is 31.7 Å². The van der Waals surface area contributed by atoms with Crippen molar-refractivity contribution in [3.05, 3.63) is 22.4 Å². The Hall–Kier alpha value is -0.830. The third kappa shape index (κ3) is 1.27. The fourth-order valence-corrected chi connectivity index (χ4v) is 2.82. The van der Waals surface area contributed by atoms with Crippen LogP contribution >= 0.6 is 11.3 Å². The van der Waals surface area contributed by atoms with Gasteiger partial charge in [0.2, 0.25) is 5.91 Å². The molecule has 2 unspecified atom stereocenters. The van der Waals surface area contributed by atoms with Gasteiger partial charge in [-0.25, -0.2) is 0 Å². The molecule has 1 aromatic heterocycles. The van der Waals surface area contributed by atoms with E-state index in [0.29, 0.717) is 6.42 Å². The quantitative estimate of drug-likeness (QED) is 0.728. The van der Waals surface area contributed by atoms with E-state index in [1.165, 1.54) is 4.88 Å². The number of hydrogen-bond acceptors (Lipinski definition) is 2. The average molecular weight is 195 g/mol. The summed E-state index contributed by atoms with van der Waals surface area (Å²) in [7, 11) is 0. The molecule has 2 atom stereocenters. The lowest BCUT2D eigenvalue weighted by atomic mass is 9.82. The van der Waals surface area contributed by atoms with Crippen LogP contribution < -0.4 is 5.32 Å². The third-order valence-corrected chi connectivity index (χ3v) is 4.09. The molecule has 1 aliphatic heterocycles. The second-order valence-corrected chi connectivity index (χ2v) is 4.81. The fourth-order valence-electron chi connectivity index (χ4n) is 1.84. The predicted molar refractivity (Wildman–Crippen MR) is 53.9 cm³/mol. The second kappa shape index (κ2) is 2.84. The van der Waals surface area contributed by atoms with Crippen LogP contribution in [0.4, 0.5) is 0 Å². The Morgan fingerprint density at radius 2 is 2.46 bits per heavy atom. The van der Waals surface area contributed by atoms with Crippen LogP contribution in [0, 0.1) is 0 Å². The molecule has 1 aliphatic rings. The molecule has 13 heavy (non-hydrogen) atoms. The Bertz CT molecular complexity index is 320. The zero-order valence-electron chi connectivity index (χ0n) is 7.83. The van der Waals surface area contributed by atoms with Crippen LogP contribution in [0.25, 0.3) is 0 Å². The minimum Gasteiger partial charge on any atom is -0.353 e. The van der Waals surface area contributed by atoms with Gasteiger partial charge in [-0.1, -0.05) is 13.0 Å². The summed E-state index contributed by atoms with van der Waals surface area (Å²) in [6, 6.07) is 4.40. The molecule has 3 heteroatoms. The van der Waals surface area contributed by atoms with Crippen LogP contribution in [0.3, 0.4) is 0 Å². The lowest BCUT2D eigenvalue weighted by Gasteiger charge is -2.25. The van der Waals surface area contributed by atoms with E-state index < -0.39 is 0 Å². The van der Waals surface area contributed by atoms with Crippen LogP contribution in [0.1, 0.15) is 25.1 Å². The van der Waals surface area contributed by atoms with Crippen LogP contribution in [0.2, 0.25) is 0 Å². The van der Waals surface area contributed by atoms with Crippen molar-refractivity contribution >= 4 is 17.2 Å². The molecule has 0 radical (unpaired) electrons. The van der Waals surface area contributed by atoms with Gasteiger partial charge in [0, 0.05) is 22.8 Å². The third-order valence-electron chi connectivity index (χ3n) is 2.95. The highest BCUT2D eigenvalue weighted by atomic mass is 32.1. The number of hydrogen-bond donors (Lipinski definition) is 1. The van der Waals surface area contributed by atoms with Crippen molar-refractivity contribution < 1.29 is 4.79 Å². The van der Waals surface area contributed by atoms with E-state index in [1.54, 1.807) is 11.3 Å². The summed E-state index contributed by atoms with van der Waals surface area (Å²) >= 11 is 1.73. The van der Waals surface area contributed by atoms with Crippen LogP contribution in [0.5, 0.6) is 0 Å². The number of amides is 1. The van der Waals surface area contributed by atoms with Gasteiger partial charge in [0.15, 0.2) is 0 Å². The number of thiophene rings is 1. The van der Waals surface area contributed by atoms with Crippen molar-refractivity contribution in [1.29, 1.82) is 0 Å². The molecule has 1 N–H and O–H groups in total. The molecule has 0 spiro atoms. The molecule has 70 valence electrons. The Morgan fingerprint density at radius 1 is 1.69 bits per heavy atom. The minimum absolute atomic E-state index is 0.00521. The van der Waals surface area contributed by atoms with Gasteiger partial charge in [0.05, 0.1) is 0 Å². The Labute approximate surface area is 82.0 Å². The Kier molecular flexibility index (Phi) is 1.91. The zero-order valence-corrected chi connectivity index (χ0v) is 8.65. The van der Waals surface area contributed by atoms with Crippen molar-refractivity contribution in [2.75, 3.05) is 0 Å². The van der Waals surface area contributed by atoms with Crippen LogP contribution in [0.15, 0.2) is 17.5 Å². The predicted octanol–water partition coefficient (Wildman–Crippen LogP) is 1.91. The highest BCUT2D eigenvalue weighted by molar-refractivity contribution is 7.10. The second-order valence-electron chi connectivity index (χ2n) is 3.86.